The Morgan fingerprint density at radius 1 is 1.23 bits per heavy atom. The summed E-state index contributed by atoms with van der Waals surface area (Å²) in [6, 6.07) is 6.15. The topological polar surface area (TPSA) is 41.6 Å². The number of amides is 1. The van der Waals surface area contributed by atoms with Crippen molar-refractivity contribution in [3.05, 3.63) is 29.3 Å². The Bertz CT molecular complexity index is 474. The summed E-state index contributed by atoms with van der Waals surface area (Å²) in [6.45, 7) is 7.39. The first-order valence-electron chi connectivity index (χ1n) is 8.22. The molecular formula is C18H28N2O2. The number of rotatable bonds is 6. The predicted molar refractivity (Wildman–Crippen MR) is 89.3 cm³/mol. The van der Waals surface area contributed by atoms with E-state index < -0.39 is 0 Å². The predicted octanol–water partition coefficient (Wildman–Crippen LogP) is 2.53. The van der Waals surface area contributed by atoms with Gasteiger partial charge in [-0.15, -0.1) is 0 Å². The van der Waals surface area contributed by atoms with Crippen molar-refractivity contribution in [2.75, 3.05) is 33.3 Å². The van der Waals surface area contributed by atoms with Gasteiger partial charge in [0.1, 0.15) is 5.75 Å². The summed E-state index contributed by atoms with van der Waals surface area (Å²) in [5, 5.41) is 3.22. The molecule has 1 amide bonds. The van der Waals surface area contributed by atoms with E-state index in [9.17, 15) is 4.79 Å². The Morgan fingerprint density at radius 2 is 1.86 bits per heavy atom. The fourth-order valence-electron chi connectivity index (χ4n) is 3.11. The Hall–Kier alpha value is -1.55. The van der Waals surface area contributed by atoms with E-state index in [1.807, 2.05) is 24.1 Å². The molecule has 122 valence electrons. The van der Waals surface area contributed by atoms with Crippen molar-refractivity contribution in [1.82, 2.24) is 10.2 Å². The third-order valence-corrected chi connectivity index (χ3v) is 4.24. The molecule has 0 saturated carbocycles. The molecule has 0 bridgehead atoms. The highest BCUT2D eigenvalue weighted by Crippen LogP contribution is 2.18. The Balaban J connectivity index is 1.72. The summed E-state index contributed by atoms with van der Waals surface area (Å²) in [7, 11) is 1.99. The van der Waals surface area contributed by atoms with Gasteiger partial charge in [0, 0.05) is 13.1 Å². The molecule has 0 atom stereocenters. The van der Waals surface area contributed by atoms with Gasteiger partial charge in [-0.3, -0.25) is 4.79 Å². The van der Waals surface area contributed by atoms with Crippen molar-refractivity contribution in [3.63, 3.8) is 0 Å². The third kappa shape index (κ3) is 5.02. The summed E-state index contributed by atoms with van der Waals surface area (Å²) < 4.78 is 5.73. The molecule has 22 heavy (non-hydrogen) atoms. The maximum atomic E-state index is 12.2. The van der Waals surface area contributed by atoms with Crippen LogP contribution in [0.25, 0.3) is 0 Å². The van der Waals surface area contributed by atoms with Crippen molar-refractivity contribution >= 4 is 5.91 Å². The highest BCUT2D eigenvalue weighted by atomic mass is 16.5. The standard InChI is InChI=1S/C18H28N2O2/c1-14-10-15(2)12-17(11-14)22-9-6-18(21)20-7-4-16(5-8-20)13-19-3/h10-12,16,19H,4-9,13H2,1-3H3. The number of likely N-dealkylation sites (tertiary alicyclic amines) is 1. The first kappa shape index (κ1) is 16.8. The third-order valence-electron chi connectivity index (χ3n) is 4.24. The summed E-state index contributed by atoms with van der Waals surface area (Å²) in [5.74, 6) is 1.78. The fourth-order valence-corrected chi connectivity index (χ4v) is 3.11. The van der Waals surface area contributed by atoms with E-state index in [0.29, 0.717) is 18.9 Å². The average Bonchev–Trinajstić information content (AvgIpc) is 2.47. The zero-order chi connectivity index (χ0) is 15.9. The van der Waals surface area contributed by atoms with E-state index in [0.717, 1.165) is 38.2 Å². The molecule has 4 heteroatoms. The van der Waals surface area contributed by atoms with Gasteiger partial charge >= 0.3 is 0 Å². The van der Waals surface area contributed by atoms with Gasteiger partial charge < -0.3 is 15.0 Å². The van der Waals surface area contributed by atoms with E-state index in [-0.39, 0.29) is 5.91 Å². The number of ether oxygens (including phenoxy) is 1. The molecule has 1 aliphatic rings. The lowest BCUT2D eigenvalue weighted by molar-refractivity contribution is -0.133. The molecule has 2 rings (SSSR count). The molecule has 1 heterocycles. The lowest BCUT2D eigenvalue weighted by Gasteiger charge is -2.32. The van der Waals surface area contributed by atoms with Gasteiger partial charge in [0.05, 0.1) is 13.0 Å². The monoisotopic (exact) mass is 304 g/mol. The number of hydrogen-bond acceptors (Lipinski definition) is 3. The summed E-state index contributed by atoms with van der Waals surface area (Å²) >= 11 is 0. The number of nitrogens with one attached hydrogen (secondary N) is 1. The first-order valence-corrected chi connectivity index (χ1v) is 8.22. The summed E-state index contributed by atoms with van der Waals surface area (Å²) in [6.07, 6.45) is 2.67. The molecule has 1 saturated heterocycles. The molecule has 0 aliphatic carbocycles. The zero-order valence-corrected chi connectivity index (χ0v) is 14.0. The van der Waals surface area contributed by atoms with Crippen LogP contribution in [-0.4, -0.2) is 44.1 Å². The van der Waals surface area contributed by atoms with Crippen LogP contribution in [0.15, 0.2) is 18.2 Å². The van der Waals surface area contributed by atoms with E-state index in [4.69, 9.17) is 4.74 Å². The molecule has 1 aromatic carbocycles. The number of piperidine rings is 1. The van der Waals surface area contributed by atoms with Gasteiger partial charge in [0.25, 0.3) is 0 Å². The molecule has 1 fully saturated rings. The van der Waals surface area contributed by atoms with Gasteiger partial charge in [0.2, 0.25) is 5.91 Å². The number of nitrogens with zero attached hydrogens (tertiary/aromatic N) is 1. The van der Waals surface area contributed by atoms with Crippen molar-refractivity contribution in [1.29, 1.82) is 0 Å². The van der Waals surface area contributed by atoms with Crippen LogP contribution in [0, 0.1) is 19.8 Å². The number of hydrogen-bond donors (Lipinski definition) is 1. The molecule has 1 N–H and O–H groups in total. The molecule has 0 radical (unpaired) electrons. The summed E-state index contributed by atoms with van der Waals surface area (Å²) in [4.78, 5) is 14.2. The van der Waals surface area contributed by atoms with Gasteiger partial charge in [0.15, 0.2) is 0 Å². The van der Waals surface area contributed by atoms with Gasteiger partial charge in [-0.05, 0) is 69.5 Å². The zero-order valence-electron chi connectivity index (χ0n) is 14.0. The fraction of sp³-hybridized carbons (Fsp3) is 0.611. The van der Waals surface area contributed by atoms with E-state index >= 15 is 0 Å². The van der Waals surface area contributed by atoms with Crippen LogP contribution < -0.4 is 10.1 Å². The van der Waals surface area contributed by atoms with Crippen LogP contribution in [-0.2, 0) is 4.79 Å². The Kier molecular flexibility index (Phi) is 6.25. The van der Waals surface area contributed by atoms with Crippen LogP contribution in [0.3, 0.4) is 0 Å². The molecule has 1 aromatic rings. The van der Waals surface area contributed by atoms with Gasteiger partial charge in [-0.2, -0.15) is 0 Å². The molecule has 4 nitrogen and oxygen atoms in total. The second-order valence-electron chi connectivity index (χ2n) is 6.30. The molecule has 0 spiro atoms. The Morgan fingerprint density at radius 3 is 2.45 bits per heavy atom. The van der Waals surface area contributed by atoms with E-state index in [2.05, 4.69) is 25.2 Å². The van der Waals surface area contributed by atoms with Crippen molar-refractivity contribution < 1.29 is 9.53 Å². The molecular weight excluding hydrogens is 276 g/mol. The maximum absolute atomic E-state index is 12.2. The smallest absolute Gasteiger partial charge is 0.225 e. The lowest BCUT2D eigenvalue weighted by atomic mass is 9.97. The minimum absolute atomic E-state index is 0.215. The molecule has 0 aromatic heterocycles. The largest absolute Gasteiger partial charge is 0.493 e. The van der Waals surface area contributed by atoms with Gasteiger partial charge in [-0.25, -0.2) is 0 Å². The van der Waals surface area contributed by atoms with Gasteiger partial charge in [-0.1, -0.05) is 6.07 Å². The quantitative estimate of drug-likeness (QED) is 0.878. The SMILES string of the molecule is CNCC1CCN(C(=O)CCOc2cc(C)cc(C)c2)CC1. The highest BCUT2D eigenvalue weighted by molar-refractivity contribution is 5.76. The molecule has 0 unspecified atom stereocenters. The minimum atomic E-state index is 0.215. The van der Waals surface area contributed by atoms with Crippen molar-refractivity contribution in [3.8, 4) is 5.75 Å². The minimum Gasteiger partial charge on any atom is -0.493 e. The average molecular weight is 304 g/mol. The highest BCUT2D eigenvalue weighted by Gasteiger charge is 2.21. The number of carbonyl (C=O) groups excluding carboxylic acids is 1. The second kappa shape index (κ2) is 8.18. The normalized spacial score (nSPS) is 15.9. The lowest BCUT2D eigenvalue weighted by Crippen LogP contribution is -2.40. The number of benzene rings is 1. The van der Waals surface area contributed by atoms with Crippen LogP contribution in [0.2, 0.25) is 0 Å². The Labute approximate surface area is 133 Å². The number of carbonyl (C=O) groups is 1. The first-order chi connectivity index (χ1) is 10.6. The van der Waals surface area contributed by atoms with Crippen LogP contribution >= 0.6 is 0 Å². The van der Waals surface area contributed by atoms with E-state index in [1.165, 1.54) is 11.1 Å². The van der Waals surface area contributed by atoms with Crippen molar-refractivity contribution in [2.24, 2.45) is 5.92 Å². The van der Waals surface area contributed by atoms with Crippen LogP contribution in [0.5, 0.6) is 5.75 Å². The maximum Gasteiger partial charge on any atom is 0.225 e. The van der Waals surface area contributed by atoms with Crippen LogP contribution in [0.1, 0.15) is 30.4 Å². The second-order valence-corrected chi connectivity index (χ2v) is 6.30. The number of aryl methyl sites for hydroxylation is 2. The van der Waals surface area contributed by atoms with E-state index in [1.54, 1.807) is 0 Å². The van der Waals surface area contributed by atoms with Crippen LogP contribution in [0.4, 0.5) is 0 Å². The van der Waals surface area contributed by atoms with Crippen molar-refractivity contribution in [2.45, 2.75) is 33.1 Å². The molecule has 1 aliphatic heterocycles. The summed E-state index contributed by atoms with van der Waals surface area (Å²) in [5.41, 5.74) is 2.38.